The van der Waals surface area contributed by atoms with Crippen LogP contribution in [0.4, 0.5) is 4.39 Å². The third-order valence-corrected chi connectivity index (χ3v) is 4.44. The zero-order valence-electron chi connectivity index (χ0n) is 14.3. The van der Waals surface area contributed by atoms with E-state index in [1.807, 2.05) is 24.3 Å². The highest BCUT2D eigenvalue weighted by Crippen LogP contribution is 2.22. The van der Waals surface area contributed by atoms with E-state index >= 15 is 0 Å². The maximum atomic E-state index is 12.8. The number of hydrazine groups is 1. The lowest BCUT2D eigenvalue weighted by molar-refractivity contribution is -0.144. The van der Waals surface area contributed by atoms with Gasteiger partial charge in [0.1, 0.15) is 10.8 Å². The van der Waals surface area contributed by atoms with Crippen LogP contribution in [-0.2, 0) is 14.3 Å². The molecule has 3 rings (SSSR count). The summed E-state index contributed by atoms with van der Waals surface area (Å²) in [5.74, 6) is -2.56. The Labute approximate surface area is 162 Å². The van der Waals surface area contributed by atoms with Crippen LogP contribution in [-0.4, -0.2) is 29.4 Å². The number of amides is 2. The molecule has 0 radical (unpaired) electrons. The van der Waals surface area contributed by atoms with Gasteiger partial charge >= 0.3 is 5.97 Å². The number of aromatic nitrogens is 1. The van der Waals surface area contributed by atoms with Crippen molar-refractivity contribution in [3.63, 3.8) is 0 Å². The predicted octanol–water partition coefficient (Wildman–Crippen LogP) is 2.45. The summed E-state index contributed by atoms with van der Waals surface area (Å²) in [5, 5.41) is 0.633. The molecule has 1 heterocycles. The Morgan fingerprint density at radius 3 is 2.57 bits per heavy atom. The van der Waals surface area contributed by atoms with E-state index in [0.717, 1.165) is 22.3 Å². The Balaban J connectivity index is 1.42. The summed E-state index contributed by atoms with van der Waals surface area (Å²) >= 11 is 1.42. The minimum Gasteiger partial charge on any atom is -0.452 e. The van der Waals surface area contributed by atoms with E-state index in [1.165, 1.54) is 35.6 Å². The molecule has 0 saturated carbocycles. The lowest BCUT2D eigenvalue weighted by Crippen LogP contribution is -2.43. The van der Waals surface area contributed by atoms with Crippen LogP contribution in [0.2, 0.25) is 0 Å². The van der Waals surface area contributed by atoms with E-state index in [-0.39, 0.29) is 5.56 Å². The number of benzene rings is 2. The second-order valence-corrected chi connectivity index (χ2v) is 6.53. The van der Waals surface area contributed by atoms with Crippen LogP contribution in [0, 0.1) is 5.82 Å². The average molecular weight is 399 g/mol. The van der Waals surface area contributed by atoms with E-state index in [1.54, 1.807) is 0 Å². The zero-order chi connectivity index (χ0) is 19.9. The van der Waals surface area contributed by atoms with Crippen molar-refractivity contribution in [3.05, 3.63) is 71.0 Å². The average Bonchev–Trinajstić information content (AvgIpc) is 3.12. The summed E-state index contributed by atoms with van der Waals surface area (Å²) in [6.45, 7) is -0.577. The van der Waals surface area contributed by atoms with Crippen molar-refractivity contribution in [2.24, 2.45) is 0 Å². The number of nitrogens with one attached hydrogen (secondary N) is 2. The number of hydrogen-bond donors (Lipinski definition) is 2. The summed E-state index contributed by atoms with van der Waals surface area (Å²) in [5.41, 5.74) is 5.23. The molecule has 142 valence electrons. The van der Waals surface area contributed by atoms with Crippen LogP contribution < -0.4 is 10.9 Å². The second-order valence-electron chi connectivity index (χ2n) is 5.47. The van der Waals surface area contributed by atoms with Crippen molar-refractivity contribution in [1.29, 1.82) is 0 Å². The van der Waals surface area contributed by atoms with Crippen LogP contribution in [0.1, 0.15) is 15.4 Å². The standard InChI is InChI=1S/C19H14FN3O4S/c20-13-7-5-12(6-8-13)19(26)23-22-16(24)11-27-18(25)10-9-17-21-14-3-1-2-4-15(14)28-17/h1-10H,11H2,(H,22,24)(H,23,26)/b10-9+. The summed E-state index contributed by atoms with van der Waals surface area (Å²) in [7, 11) is 0. The third kappa shape index (κ3) is 5.21. The lowest BCUT2D eigenvalue weighted by Gasteiger charge is -2.07. The molecule has 1 aromatic heterocycles. The van der Waals surface area contributed by atoms with Crippen LogP contribution in [0.15, 0.2) is 54.6 Å². The molecular weight excluding hydrogens is 385 g/mol. The highest BCUT2D eigenvalue weighted by atomic mass is 32.1. The predicted molar refractivity (Wildman–Crippen MR) is 102 cm³/mol. The van der Waals surface area contributed by atoms with E-state index in [2.05, 4.69) is 15.8 Å². The molecule has 3 aromatic rings. The first kappa shape index (κ1) is 19.2. The first-order valence-electron chi connectivity index (χ1n) is 8.06. The van der Waals surface area contributed by atoms with Crippen LogP contribution in [0.25, 0.3) is 16.3 Å². The maximum Gasteiger partial charge on any atom is 0.331 e. The number of ether oxygens (including phenoxy) is 1. The molecule has 2 amide bonds. The fourth-order valence-electron chi connectivity index (χ4n) is 2.12. The van der Waals surface area contributed by atoms with Crippen LogP contribution >= 0.6 is 11.3 Å². The molecule has 0 atom stereocenters. The molecule has 0 aliphatic rings. The van der Waals surface area contributed by atoms with E-state index in [0.29, 0.717) is 5.01 Å². The summed E-state index contributed by atoms with van der Waals surface area (Å²) in [4.78, 5) is 39.4. The van der Waals surface area contributed by atoms with Crippen molar-refractivity contribution in [2.75, 3.05) is 6.61 Å². The third-order valence-electron chi connectivity index (χ3n) is 3.44. The van der Waals surface area contributed by atoms with Gasteiger partial charge in [0, 0.05) is 11.6 Å². The van der Waals surface area contributed by atoms with Crippen LogP contribution in [0.3, 0.4) is 0 Å². The molecule has 28 heavy (non-hydrogen) atoms. The highest BCUT2D eigenvalue weighted by Gasteiger charge is 2.09. The number of halogens is 1. The van der Waals surface area contributed by atoms with Gasteiger partial charge in [0.15, 0.2) is 6.61 Å². The molecule has 0 bridgehead atoms. The van der Waals surface area contributed by atoms with Gasteiger partial charge in [-0.2, -0.15) is 0 Å². The first-order chi connectivity index (χ1) is 13.5. The number of nitrogens with zero attached hydrogens (tertiary/aromatic N) is 1. The number of esters is 1. The van der Waals surface area contributed by atoms with Gasteiger partial charge in [0.2, 0.25) is 0 Å². The molecule has 0 fully saturated rings. The Kier molecular flexibility index (Phi) is 6.07. The summed E-state index contributed by atoms with van der Waals surface area (Å²) in [6, 6.07) is 12.3. The normalized spacial score (nSPS) is 10.8. The van der Waals surface area contributed by atoms with Gasteiger partial charge < -0.3 is 4.74 Å². The lowest BCUT2D eigenvalue weighted by atomic mass is 10.2. The fourth-order valence-corrected chi connectivity index (χ4v) is 2.99. The number of hydrogen-bond acceptors (Lipinski definition) is 6. The largest absolute Gasteiger partial charge is 0.452 e. The SMILES string of the molecule is O=C(COC(=O)/C=C/c1nc2ccccc2s1)NNC(=O)c1ccc(F)cc1. The quantitative estimate of drug-likeness (QED) is 0.390. The molecule has 7 nitrogen and oxygen atoms in total. The van der Waals surface area contributed by atoms with Crippen molar-refractivity contribution >= 4 is 45.4 Å². The Bertz CT molecular complexity index is 1010. The van der Waals surface area contributed by atoms with Crippen molar-refractivity contribution < 1.29 is 23.5 Å². The topological polar surface area (TPSA) is 97.4 Å². The number of carbonyl (C=O) groups is 3. The number of carbonyl (C=O) groups excluding carboxylic acids is 3. The molecular formula is C19H14FN3O4S. The Morgan fingerprint density at radius 1 is 1.07 bits per heavy atom. The van der Waals surface area contributed by atoms with Crippen molar-refractivity contribution in [3.8, 4) is 0 Å². The van der Waals surface area contributed by atoms with Gasteiger partial charge in [-0.1, -0.05) is 12.1 Å². The minimum absolute atomic E-state index is 0.164. The van der Waals surface area contributed by atoms with E-state index in [9.17, 15) is 18.8 Å². The molecule has 0 saturated heterocycles. The van der Waals surface area contributed by atoms with Crippen molar-refractivity contribution in [1.82, 2.24) is 15.8 Å². The molecule has 9 heteroatoms. The van der Waals surface area contributed by atoms with Crippen molar-refractivity contribution in [2.45, 2.75) is 0 Å². The minimum atomic E-state index is -0.725. The highest BCUT2D eigenvalue weighted by molar-refractivity contribution is 7.19. The molecule has 0 spiro atoms. The fraction of sp³-hybridized carbons (Fsp3) is 0.0526. The van der Waals surface area contributed by atoms with Gasteiger partial charge in [0.05, 0.1) is 10.2 Å². The van der Waals surface area contributed by atoms with E-state index < -0.39 is 30.2 Å². The van der Waals surface area contributed by atoms with Gasteiger partial charge in [0.25, 0.3) is 11.8 Å². The monoisotopic (exact) mass is 399 g/mol. The number of para-hydroxylation sites is 1. The second kappa shape index (κ2) is 8.87. The van der Waals surface area contributed by atoms with Gasteiger partial charge in [-0.05, 0) is 42.5 Å². The number of fused-ring (bicyclic) bond motifs is 1. The molecule has 0 unspecified atom stereocenters. The van der Waals surface area contributed by atoms with Gasteiger partial charge in [-0.15, -0.1) is 11.3 Å². The van der Waals surface area contributed by atoms with E-state index in [4.69, 9.17) is 4.74 Å². The van der Waals surface area contributed by atoms with Gasteiger partial charge in [-0.3, -0.25) is 20.4 Å². The maximum absolute atomic E-state index is 12.8. The molecule has 2 aromatic carbocycles. The van der Waals surface area contributed by atoms with Gasteiger partial charge in [-0.25, -0.2) is 14.2 Å². The summed E-state index contributed by atoms with van der Waals surface area (Å²) < 4.78 is 18.6. The number of thiazole rings is 1. The Morgan fingerprint density at radius 2 is 1.82 bits per heavy atom. The number of rotatable bonds is 5. The molecule has 0 aliphatic heterocycles. The first-order valence-corrected chi connectivity index (χ1v) is 8.88. The van der Waals surface area contributed by atoms with Crippen LogP contribution in [0.5, 0.6) is 0 Å². The Hall–Kier alpha value is -3.59. The zero-order valence-corrected chi connectivity index (χ0v) is 15.2. The summed E-state index contributed by atoms with van der Waals surface area (Å²) in [6.07, 6.45) is 2.67. The molecule has 2 N–H and O–H groups in total. The molecule has 0 aliphatic carbocycles. The smallest absolute Gasteiger partial charge is 0.331 e.